The molecule has 1 aliphatic carbocycles. The van der Waals surface area contributed by atoms with E-state index in [0.29, 0.717) is 17.2 Å². The van der Waals surface area contributed by atoms with E-state index in [1.165, 1.54) is 25.7 Å². The first-order valence-electron chi connectivity index (χ1n) is 8.72. The van der Waals surface area contributed by atoms with Gasteiger partial charge in [-0.3, -0.25) is 4.79 Å². The third-order valence-corrected chi connectivity index (χ3v) is 5.56. The van der Waals surface area contributed by atoms with E-state index >= 15 is 0 Å². The van der Waals surface area contributed by atoms with Crippen molar-refractivity contribution >= 4 is 21.8 Å². The van der Waals surface area contributed by atoms with Crippen LogP contribution in [-0.4, -0.2) is 17.8 Å². The average molecular weight is 360 g/mol. The topological polar surface area (TPSA) is 29.1 Å². The van der Waals surface area contributed by atoms with E-state index in [-0.39, 0.29) is 5.92 Å². The van der Waals surface area contributed by atoms with Crippen LogP contribution in [0.2, 0.25) is 0 Å². The molecule has 0 aromatic rings. The third-order valence-electron chi connectivity index (χ3n) is 5.10. The summed E-state index contributed by atoms with van der Waals surface area (Å²) in [4.78, 5) is 12.3. The van der Waals surface area contributed by atoms with Crippen molar-refractivity contribution in [3.05, 3.63) is 0 Å². The lowest BCUT2D eigenvalue weighted by atomic mass is 9.69. The molecule has 1 rings (SSSR count). The van der Waals surface area contributed by atoms with Gasteiger partial charge in [-0.15, -0.1) is 0 Å². The van der Waals surface area contributed by atoms with Gasteiger partial charge in [-0.1, -0.05) is 50.0 Å². The largest absolute Gasteiger partial charge is 0.356 e. The van der Waals surface area contributed by atoms with Crippen molar-refractivity contribution in [3.8, 4) is 0 Å². The van der Waals surface area contributed by atoms with Crippen molar-refractivity contribution in [1.82, 2.24) is 5.32 Å². The van der Waals surface area contributed by atoms with Crippen LogP contribution in [0, 0.1) is 23.2 Å². The Morgan fingerprint density at radius 1 is 1.19 bits per heavy atom. The van der Waals surface area contributed by atoms with Crippen LogP contribution in [0.5, 0.6) is 0 Å². The van der Waals surface area contributed by atoms with E-state index in [0.717, 1.165) is 37.1 Å². The van der Waals surface area contributed by atoms with Crippen molar-refractivity contribution in [1.29, 1.82) is 0 Å². The smallest absolute Gasteiger partial charge is 0.223 e. The maximum atomic E-state index is 12.3. The lowest BCUT2D eigenvalue weighted by Gasteiger charge is -2.36. The van der Waals surface area contributed by atoms with Gasteiger partial charge < -0.3 is 5.32 Å². The summed E-state index contributed by atoms with van der Waals surface area (Å²) in [6.07, 6.45) is 8.13. The van der Waals surface area contributed by atoms with Gasteiger partial charge in [0.05, 0.1) is 0 Å². The summed E-state index contributed by atoms with van der Waals surface area (Å²) in [6.45, 7) is 10.1. The number of alkyl halides is 1. The molecule has 0 bridgehead atoms. The normalized spacial score (nSPS) is 24.6. The Kier molecular flexibility index (Phi) is 8.30. The molecule has 2 nitrogen and oxygen atoms in total. The minimum atomic E-state index is 0.259. The number of carbonyl (C=O) groups excluding carboxylic acids is 1. The molecule has 21 heavy (non-hydrogen) atoms. The molecule has 124 valence electrons. The first kappa shape index (κ1) is 19.0. The van der Waals surface area contributed by atoms with Crippen LogP contribution in [0.3, 0.4) is 0 Å². The molecule has 1 saturated carbocycles. The molecule has 0 aliphatic heterocycles. The molecule has 1 fully saturated rings. The highest BCUT2D eigenvalue weighted by Gasteiger charge is 2.32. The zero-order valence-corrected chi connectivity index (χ0v) is 16.0. The second kappa shape index (κ2) is 9.17. The molecule has 1 amide bonds. The fourth-order valence-corrected chi connectivity index (χ4v) is 4.17. The molecule has 0 saturated heterocycles. The molecule has 0 aromatic carbocycles. The van der Waals surface area contributed by atoms with Gasteiger partial charge in [0.1, 0.15) is 0 Å². The number of hydrogen-bond donors (Lipinski definition) is 1. The Labute approximate surface area is 140 Å². The van der Waals surface area contributed by atoms with Crippen molar-refractivity contribution < 1.29 is 4.79 Å². The molecule has 0 spiro atoms. The first-order valence-corrected chi connectivity index (χ1v) is 9.84. The van der Waals surface area contributed by atoms with Crippen LogP contribution in [-0.2, 0) is 4.79 Å². The Morgan fingerprint density at radius 2 is 1.81 bits per heavy atom. The minimum absolute atomic E-state index is 0.259. The molecule has 0 aromatic heterocycles. The standard InChI is InChI=1S/C18H34BrNO/c1-5-6-14(11-12-19)13-20-17(21)15-7-9-16(10-8-15)18(2,3)4/h14-16H,5-13H2,1-4H3,(H,20,21). The van der Waals surface area contributed by atoms with Crippen LogP contribution >= 0.6 is 15.9 Å². The zero-order valence-electron chi connectivity index (χ0n) is 14.4. The van der Waals surface area contributed by atoms with E-state index in [1.807, 2.05) is 0 Å². The molecule has 1 atom stereocenters. The molecular formula is C18H34BrNO. The van der Waals surface area contributed by atoms with Crippen molar-refractivity contribution in [2.75, 3.05) is 11.9 Å². The summed E-state index contributed by atoms with van der Waals surface area (Å²) in [5.41, 5.74) is 0.392. The second-order valence-electron chi connectivity index (χ2n) is 7.79. The fraction of sp³-hybridized carbons (Fsp3) is 0.944. The molecular weight excluding hydrogens is 326 g/mol. The SMILES string of the molecule is CCCC(CCBr)CNC(=O)C1CCC(C(C)(C)C)CC1. The summed E-state index contributed by atoms with van der Waals surface area (Å²) in [6, 6.07) is 0. The molecule has 3 heteroatoms. The number of amides is 1. The Bertz CT molecular complexity index is 297. The van der Waals surface area contributed by atoms with Gasteiger partial charge in [0.25, 0.3) is 0 Å². The number of rotatable bonds is 7. The number of hydrogen-bond acceptors (Lipinski definition) is 1. The predicted octanol–water partition coefficient (Wildman–Crippen LogP) is 5.16. The maximum absolute atomic E-state index is 12.3. The van der Waals surface area contributed by atoms with Crippen molar-refractivity contribution in [2.45, 2.75) is 72.6 Å². The summed E-state index contributed by atoms with van der Waals surface area (Å²) < 4.78 is 0. The van der Waals surface area contributed by atoms with Gasteiger partial charge in [-0.05, 0) is 55.8 Å². The summed E-state index contributed by atoms with van der Waals surface area (Å²) in [7, 11) is 0. The van der Waals surface area contributed by atoms with E-state index in [2.05, 4.69) is 48.9 Å². The van der Waals surface area contributed by atoms with E-state index in [4.69, 9.17) is 0 Å². The third kappa shape index (κ3) is 6.71. The number of halogens is 1. The summed E-state index contributed by atoms with van der Waals surface area (Å²) in [5.74, 6) is 1.97. The quantitative estimate of drug-likeness (QED) is 0.625. The van der Waals surface area contributed by atoms with Crippen molar-refractivity contribution in [2.24, 2.45) is 23.2 Å². The van der Waals surface area contributed by atoms with Gasteiger partial charge in [0.15, 0.2) is 0 Å². The van der Waals surface area contributed by atoms with Gasteiger partial charge in [0.2, 0.25) is 5.91 Å². The van der Waals surface area contributed by atoms with Gasteiger partial charge >= 0.3 is 0 Å². The van der Waals surface area contributed by atoms with Gasteiger partial charge in [-0.25, -0.2) is 0 Å². The van der Waals surface area contributed by atoms with Crippen LogP contribution in [0.15, 0.2) is 0 Å². The van der Waals surface area contributed by atoms with Gasteiger partial charge in [0, 0.05) is 17.8 Å². The van der Waals surface area contributed by atoms with Crippen LogP contribution in [0.25, 0.3) is 0 Å². The molecule has 1 N–H and O–H groups in total. The zero-order chi connectivity index (χ0) is 15.9. The van der Waals surface area contributed by atoms with Gasteiger partial charge in [-0.2, -0.15) is 0 Å². The summed E-state index contributed by atoms with van der Waals surface area (Å²) >= 11 is 3.52. The number of nitrogens with one attached hydrogen (secondary N) is 1. The molecule has 0 radical (unpaired) electrons. The Balaban J connectivity index is 2.33. The maximum Gasteiger partial charge on any atom is 0.223 e. The first-order chi connectivity index (χ1) is 9.88. The van der Waals surface area contributed by atoms with E-state index < -0.39 is 0 Å². The fourth-order valence-electron chi connectivity index (χ4n) is 3.52. The molecule has 1 unspecified atom stereocenters. The van der Waals surface area contributed by atoms with Crippen LogP contribution < -0.4 is 5.32 Å². The monoisotopic (exact) mass is 359 g/mol. The van der Waals surface area contributed by atoms with E-state index in [9.17, 15) is 4.79 Å². The molecule has 1 aliphatic rings. The minimum Gasteiger partial charge on any atom is -0.356 e. The van der Waals surface area contributed by atoms with E-state index in [1.54, 1.807) is 0 Å². The predicted molar refractivity (Wildman–Crippen MR) is 94.7 cm³/mol. The lowest BCUT2D eigenvalue weighted by molar-refractivity contribution is -0.126. The highest BCUT2D eigenvalue weighted by Crippen LogP contribution is 2.39. The van der Waals surface area contributed by atoms with Crippen LogP contribution in [0.4, 0.5) is 0 Å². The second-order valence-corrected chi connectivity index (χ2v) is 8.59. The average Bonchev–Trinajstić information content (AvgIpc) is 2.44. The molecule has 0 heterocycles. The van der Waals surface area contributed by atoms with Crippen molar-refractivity contribution in [3.63, 3.8) is 0 Å². The van der Waals surface area contributed by atoms with Crippen LogP contribution in [0.1, 0.15) is 72.6 Å². The summed E-state index contributed by atoms with van der Waals surface area (Å²) in [5, 5.41) is 4.25. The highest BCUT2D eigenvalue weighted by atomic mass is 79.9. The highest BCUT2D eigenvalue weighted by molar-refractivity contribution is 9.09. The lowest BCUT2D eigenvalue weighted by Crippen LogP contribution is -2.37. The number of carbonyl (C=O) groups is 1. The Hall–Kier alpha value is -0.0500. The Morgan fingerprint density at radius 3 is 2.29 bits per heavy atom.